The Labute approximate surface area is 99.7 Å². The highest BCUT2D eigenvalue weighted by atomic mass is 19.4. The lowest BCUT2D eigenvalue weighted by Gasteiger charge is -2.41. The summed E-state index contributed by atoms with van der Waals surface area (Å²) in [5.41, 5.74) is -6.80. The van der Waals surface area contributed by atoms with E-state index in [1.165, 1.54) is 0 Å². The zero-order chi connectivity index (χ0) is 15.9. The smallest absolute Gasteiger partial charge is 0.333 e. The fourth-order valence-electron chi connectivity index (χ4n) is 1.32. The van der Waals surface area contributed by atoms with E-state index in [4.69, 9.17) is 5.11 Å². The molecular formula is C8H8F10O. The van der Waals surface area contributed by atoms with E-state index in [-0.39, 0.29) is 0 Å². The Morgan fingerprint density at radius 1 is 0.789 bits per heavy atom. The summed E-state index contributed by atoms with van der Waals surface area (Å²) in [4.78, 5) is 0. The maximum absolute atomic E-state index is 13.3. The first-order valence-electron chi connectivity index (χ1n) is 4.67. The van der Waals surface area contributed by atoms with E-state index >= 15 is 0 Å². The molecule has 0 aromatic heterocycles. The van der Waals surface area contributed by atoms with Gasteiger partial charge < -0.3 is 5.11 Å². The highest BCUT2D eigenvalue weighted by molar-refractivity contribution is 5.11. The molecule has 0 saturated heterocycles. The molecule has 0 heterocycles. The molecule has 0 spiro atoms. The van der Waals surface area contributed by atoms with Crippen LogP contribution in [0.5, 0.6) is 0 Å². The Balaban J connectivity index is 6.13. The first-order chi connectivity index (χ1) is 8.06. The van der Waals surface area contributed by atoms with Crippen LogP contribution in [0.25, 0.3) is 0 Å². The van der Waals surface area contributed by atoms with Crippen molar-refractivity contribution in [2.45, 2.75) is 49.6 Å². The second-order valence-electron chi connectivity index (χ2n) is 3.73. The number of alkyl halides is 10. The molecule has 0 aliphatic heterocycles. The minimum absolute atomic E-state index is 0.815. The van der Waals surface area contributed by atoms with E-state index in [1.807, 2.05) is 0 Å². The van der Waals surface area contributed by atoms with Crippen LogP contribution in [0.15, 0.2) is 0 Å². The molecule has 1 atom stereocenters. The zero-order valence-corrected chi connectivity index (χ0v) is 9.14. The largest absolute Gasteiger partial charge is 0.457 e. The van der Waals surface area contributed by atoms with Gasteiger partial charge in [0.25, 0.3) is 5.92 Å². The number of rotatable bonds is 5. The molecule has 19 heavy (non-hydrogen) atoms. The number of hydrogen-bond acceptors (Lipinski definition) is 1. The molecule has 116 valence electrons. The van der Waals surface area contributed by atoms with E-state index in [9.17, 15) is 43.9 Å². The van der Waals surface area contributed by atoms with Crippen LogP contribution in [0.3, 0.4) is 0 Å². The van der Waals surface area contributed by atoms with Gasteiger partial charge in [-0.25, -0.2) is 13.2 Å². The third-order valence-corrected chi connectivity index (χ3v) is 2.27. The van der Waals surface area contributed by atoms with E-state index in [1.54, 1.807) is 0 Å². The van der Waals surface area contributed by atoms with Crippen LogP contribution in [0.1, 0.15) is 19.8 Å². The molecule has 0 aliphatic rings. The standard InChI is InChI=1S/C8H8F10O/c1-2-3-4(9,10)5(11,8(17,18)19)6(12,13)7(14,15)16/h19H,2-3H2,1H3. The molecule has 0 radical (unpaired) electrons. The lowest BCUT2D eigenvalue weighted by Crippen LogP contribution is -2.71. The van der Waals surface area contributed by atoms with Gasteiger partial charge in [-0.05, 0) is 0 Å². The van der Waals surface area contributed by atoms with Crippen LogP contribution in [0, 0.1) is 0 Å². The summed E-state index contributed by atoms with van der Waals surface area (Å²) in [6.07, 6.45) is -16.6. The summed E-state index contributed by atoms with van der Waals surface area (Å²) < 4.78 is 125. The topological polar surface area (TPSA) is 20.2 Å². The van der Waals surface area contributed by atoms with Crippen LogP contribution in [0.4, 0.5) is 43.9 Å². The molecule has 11 heteroatoms. The minimum atomic E-state index is -7.16. The van der Waals surface area contributed by atoms with Gasteiger partial charge in [-0.1, -0.05) is 13.3 Å². The molecule has 1 unspecified atom stereocenters. The van der Waals surface area contributed by atoms with Crippen LogP contribution in [-0.2, 0) is 0 Å². The maximum Gasteiger partial charge on any atom is 0.457 e. The molecule has 0 aromatic rings. The lowest BCUT2D eigenvalue weighted by molar-refractivity contribution is -0.439. The monoisotopic (exact) mass is 310 g/mol. The second-order valence-corrected chi connectivity index (χ2v) is 3.73. The van der Waals surface area contributed by atoms with Crippen molar-refractivity contribution in [1.29, 1.82) is 0 Å². The van der Waals surface area contributed by atoms with E-state index in [0.717, 1.165) is 6.92 Å². The molecule has 0 bridgehead atoms. The minimum Gasteiger partial charge on any atom is -0.333 e. The molecule has 0 saturated carbocycles. The lowest BCUT2D eigenvalue weighted by atomic mass is 9.85. The summed E-state index contributed by atoms with van der Waals surface area (Å²) in [5.74, 6) is -13.0. The third kappa shape index (κ3) is 2.61. The predicted octanol–water partition coefficient (Wildman–Crippen LogP) is 3.91. The van der Waals surface area contributed by atoms with Crippen molar-refractivity contribution in [2.75, 3.05) is 0 Å². The average molecular weight is 310 g/mol. The van der Waals surface area contributed by atoms with Gasteiger partial charge >= 0.3 is 23.9 Å². The van der Waals surface area contributed by atoms with Crippen molar-refractivity contribution in [3.63, 3.8) is 0 Å². The first-order valence-corrected chi connectivity index (χ1v) is 4.67. The van der Waals surface area contributed by atoms with Crippen molar-refractivity contribution in [1.82, 2.24) is 0 Å². The van der Waals surface area contributed by atoms with Gasteiger partial charge in [-0.3, -0.25) is 0 Å². The van der Waals surface area contributed by atoms with Gasteiger partial charge in [0, 0.05) is 6.42 Å². The van der Waals surface area contributed by atoms with Crippen LogP contribution < -0.4 is 0 Å². The Bertz CT molecular complexity index is 316. The fourth-order valence-corrected chi connectivity index (χ4v) is 1.32. The summed E-state index contributed by atoms with van der Waals surface area (Å²) >= 11 is 0. The van der Waals surface area contributed by atoms with Crippen molar-refractivity contribution < 1.29 is 49.0 Å². The van der Waals surface area contributed by atoms with E-state index in [0.29, 0.717) is 0 Å². The Kier molecular flexibility index (Phi) is 4.49. The van der Waals surface area contributed by atoms with Crippen molar-refractivity contribution in [2.24, 2.45) is 0 Å². The summed E-state index contributed by atoms with van der Waals surface area (Å²) in [7, 11) is 0. The molecule has 0 amide bonds. The molecule has 1 N–H and O–H groups in total. The number of hydrogen-bond donors (Lipinski definition) is 1. The van der Waals surface area contributed by atoms with Crippen LogP contribution >= 0.6 is 0 Å². The van der Waals surface area contributed by atoms with Crippen LogP contribution in [-0.4, -0.2) is 34.9 Å². The first kappa shape index (κ1) is 18.3. The molecular weight excluding hydrogens is 302 g/mol. The van der Waals surface area contributed by atoms with Gasteiger partial charge in [0.05, 0.1) is 0 Å². The molecule has 0 aliphatic carbocycles. The average Bonchev–Trinajstić information content (AvgIpc) is 2.12. The molecule has 1 nitrogen and oxygen atoms in total. The Morgan fingerprint density at radius 3 is 1.37 bits per heavy atom. The Morgan fingerprint density at radius 2 is 1.16 bits per heavy atom. The van der Waals surface area contributed by atoms with Crippen molar-refractivity contribution in [3.8, 4) is 0 Å². The fraction of sp³-hybridized carbons (Fsp3) is 1.00. The van der Waals surface area contributed by atoms with E-state index < -0.39 is 42.6 Å². The summed E-state index contributed by atoms with van der Waals surface area (Å²) in [6.45, 7) is 0.815. The number of aliphatic hydroxyl groups is 1. The molecule has 0 aromatic carbocycles. The maximum atomic E-state index is 13.3. The third-order valence-electron chi connectivity index (χ3n) is 2.27. The predicted molar refractivity (Wildman–Crippen MR) is 41.9 cm³/mol. The zero-order valence-electron chi connectivity index (χ0n) is 9.14. The number of halogens is 10. The van der Waals surface area contributed by atoms with Crippen molar-refractivity contribution in [3.05, 3.63) is 0 Å². The second kappa shape index (κ2) is 4.67. The summed E-state index contributed by atoms with van der Waals surface area (Å²) in [5, 5.41) is 7.83. The quantitative estimate of drug-likeness (QED) is 0.763. The van der Waals surface area contributed by atoms with Gasteiger partial charge in [-0.2, -0.15) is 30.7 Å². The Hall–Kier alpha value is -0.740. The molecule has 0 rings (SSSR count). The van der Waals surface area contributed by atoms with E-state index in [2.05, 4.69) is 0 Å². The highest BCUT2D eigenvalue weighted by Gasteiger charge is 2.88. The normalized spacial score (nSPS) is 18.3. The van der Waals surface area contributed by atoms with Gasteiger partial charge in [0.1, 0.15) is 0 Å². The van der Waals surface area contributed by atoms with Gasteiger partial charge in [-0.15, -0.1) is 0 Å². The highest BCUT2D eigenvalue weighted by Crippen LogP contribution is 2.58. The van der Waals surface area contributed by atoms with Gasteiger partial charge in [0.15, 0.2) is 0 Å². The SMILES string of the molecule is CCCC(F)(F)C(F)(C(O)(F)F)C(F)(F)C(F)(F)F. The molecule has 0 fully saturated rings. The summed E-state index contributed by atoms with van der Waals surface area (Å²) in [6, 6.07) is 0. The van der Waals surface area contributed by atoms with Crippen LogP contribution in [0.2, 0.25) is 0 Å². The van der Waals surface area contributed by atoms with Gasteiger partial charge in [0.2, 0.25) is 0 Å². The van der Waals surface area contributed by atoms with Crippen molar-refractivity contribution >= 4 is 0 Å².